The van der Waals surface area contributed by atoms with Crippen LogP contribution >= 0.6 is 23.5 Å². The van der Waals surface area contributed by atoms with Crippen molar-refractivity contribution in [2.75, 3.05) is 6.61 Å². The molecule has 0 saturated heterocycles. The summed E-state index contributed by atoms with van der Waals surface area (Å²) in [6.45, 7) is 30.0. The number of phenols is 1. The number of phenolic OH excluding ortho intramolecular Hbond substituents is 1. The highest BCUT2D eigenvalue weighted by molar-refractivity contribution is 8.18. The van der Waals surface area contributed by atoms with Crippen molar-refractivity contribution < 1.29 is 19.7 Å². The van der Waals surface area contributed by atoms with Crippen LogP contribution in [0, 0.1) is 0 Å². The topological polar surface area (TPSA) is 66.8 Å². The first kappa shape index (κ1) is 35.4. The molecule has 41 heavy (non-hydrogen) atoms. The first-order valence-corrected chi connectivity index (χ1v) is 16.3. The molecule has 0 saturated carbocycles. The lowest BCUT2D eigenvalue weighted by Crippen LogP contribution is -2.22. The number of benzene rings is 2. The number of hydrogen-bond acceptors (Lipinski definition) is 5. The van der Waals surface area contributed by atoms with E-state index in [9.17, 15) is 15.0 Å². The summed E-state index contributed by atoms with van der Waals surface area (Å²) in [5.74, 6) is 0.110. The Kier molecular flexibility index (Phi) is 10.7. The van der Waals surface area contributed by atoms with Crippen molar-refractivity contribution in [3.05, 3.63) is 46.5 Å². The number of carboxylic acid groups (broad SMARTS) is 1. The maximum atomic E-state index is 11.4. The van der Waals surface area contributed by atoms with Crippen molar-refractivity contribution in [3.8, 4) is 11.5 Å². The van der Waals surface area contributed by atoms with Gasteiger partial charge in [0.1, 0.15) is 11.5 Å². The fourth-order valence-electron chi connectivity index (χ4n) is 4.95. The average Bonchev–Trinajstić information content (AvgIpc) is 2.75. The van der Waals surface area contributed by atoms with Crippen molar-refractivity contribution in [1.82, 2.24) is 0 Å². The molecule has 0 aromatic heterocycles. The Labute approximate surface area is 258 Å². The zero-order valence-electron chi connectivity index (χ0n) is 28.0. The van der Waals surface area contributed by atoms with Gasteiger partial charge in [0.25, 0.3) is 0 Å². The van der Waals surface area contributed by atoms with E-state index in [1.165, 1.54) is 0 Å². The quantitative estimate of drug-likeness (QED) is 0.220. The van der Waals surface area contributed by atoms with Crippen molar-refractivity contribution in [2.24, 2.45) is 0 Å². The average molecular weight is 603 g/mol. The van der Waals surface area contributed by atoms with E-state index in [1.807, 2.05) is 23.5 Å². The van der Waals surface area contributed by atoms with E-state index >= 15 is 0 Å². The highest BCUT2D eigenvalue weighted by atomic mass is 32.2. The van der Waals surface area contributed by atoms with E-state index in [1.54, 1.807) is 0 Å². The normalized spacial score (nSPS) is 14.6. The van der Waals surface area contributed by atoms with Gasteiger partial charge >= 0.3 is 5.97 Å². The van der Waals surface area contributed by atoms with Gasteiger partial charge in [-0.15, -0.1) is 23.5 Å². The molecule has 1 atom stereocenters. The van der Waals surface area contributed by atoms with Gasteiger partial charge in [0.15, 0.2) is 6.61 Å². The largest absolute Gasteiger partial charge is 0.507 e. The zero-order chi connectivity index (χ0) is 31.8. The van der Waals surface area contributed by atoms with Gasteiger partial charge in [-0.05, 0) is 59.3 Å². The summed E-state index contributed by atoms with van der Waals surface area (Å²) < 4.78 is 5.80. The number of carbonyl (C=O) groups is 1. The highest BCUT2D eigenvalue weighted by Crippen LogP contribution is 2.53. The van der Waals surface area contributed by atoms with Gasteiger partial charge in [-0.2, -0.15) is 0 Å². The number of aliphatic carboxylic acids is 1. The zero-order valence-corrected chi connectivity index (χ0v) is 29.6. The highest BCUT2D eigenvalue weighted by Gasteiger charge is 2.33. The third-order valence-corrected chi connectivity index (χ3v) is 9.80. The number of hydrogen-bond donors (Lipinski definition) is 2. The molecule has 1 unspecified atom stereocenters. The van der Waals surface area contributed by atoms with Crippen LogP contribution in [0.25, 0.3) is 0 Å². The predicted octanol–water partition coefficient (Wildman–Crippen LogP) is 10.4. The Morgan fingerprint density at radius 1 is 0.683 bits per heavy atom. The minimum atomic E-state index is -0.978. The van der Waals surface area contributed by atoms with E-state index in [0.29, 0.717) is 11.5 Å². The van der Waals surface area contributed by atoms with Crippen LogP contribution in [0.15, 0.2) is 34.1 Å². The Hall–Kier alpha value is -1.79. The number of ether oxygens (including phenoxy) is 1. The maximum absolute atomic E-state index is 11.4. The summed E-state index contributed by atoms with van der Waals surface area (Å²) in [5.41, 5.74) is 3.13. The molecule has 0 bridgehead atoms. The number of aromatic hydroxyl groups is 1. The molecule has 0 aliphatic heterocycles. The summed E-state index contributed by atoms with van der Waals surface area (Å²) >= 11 is 3.73. The van der Waals surface area contributed by atoms with E-state index in [2.05, 4.69) is 121 Å². The molecular weight excluding hydrogens is 549 g/mol. The monoisotopic (exact) mass is 602 g/mol. The molecule has 0 radical (unpaired) electrons. The smallest absolute Gasteiger partial charge is 0.341 e. The molecule has 0 aliphatic rings. The Morgan fingerprint density at radius 3 is 1.32 bits per heavy atom. The van der Waals surface area contributed by atoms with E-state index in [4.69, 9.17) is 4.74 Å². The van der Waals surface area contributed by atoms with Crippen LogP contribution in [-0.2, 0) is 26.5 Å². The minimum absolute atomic E-state index is 0.177. The molecule has 2 rings (SSSR count). The molecule has 0 aliphatic carbocycles. The molecule has 2 N–H and O–H groups in total. The van der Waals surface area contributed by atoms with E-state index < -0.39 is 5.97 Å². The van der Waals surface area contributed by atoms with Crippen LogP contribution < -0.4 is 4.74 Å². The molecule has 230 valence electrons. The second-order valence-electron chi connectivity index (χ2n) is 15.5. The molecule has 6 heteroatoms. The number of rotatable bonds is 9. The third-order valence-electron chi connectivity index (χ3n) is 7.09. The van der Waals surface area contributed by atoms with Crippen molar-refractivity contribution in [1.29, 1.82) is 0 Å². The lowest BCUT2D eigenvalue weighted by atomic mass is 9.79. The fraction of sp³-hybridized carbons (Fsp3) is 0.629. The molecule has 4 nitrogen and oxygen atoms in total. The second kappa shape index (κ2) is 12.4. The summed E-state index contributed by atoms with van der Waals surface area (Å²) in [6, 6.07) is 8.74. The van der Waals surface area contributed by atoms with Crippen LogP contribution in [0.3, 0.4) is 0 Å². The molecule has 0 amide bonds. The van der Waals surface area contributed by atoms with Crippen LogP contribution in [0.1, 0.15) is 132 Å². The van der Waals surface area contributed by atoms with Gasteiger partial charge in [-0.1, -0.05) is 96.4 Å². The maximum Gasteiger partial charge on any atom is 0.341 e. The van der Waals surface area contributed by atoms with Gasteiger partial charge < -0.3 is 14.9 Å². The lowest BCUT2D eigenvalue weighted by Gasteiger charge is -2.34. The molecule has 0 heterocycles. The first-order chi connectivity index (χ1) is 18.4. The van der Waals surface area contributed by atoms with E-state index in [0.717, 1.165) is 44.9 Å². The number of thioether (sulfide) groups is 2. The predicted molar refractivity (Wildman–Crippen MR) is 178 cm³/mol. The van der Waals surface area contributed by atoms with Gasteiger partial charge in [0, 0.05) is 32.0 Å². The first-order valence-electron chi connectivity index (χ1n) is 14.7. The summed E-state index contributed by atoms with van der Waals surface area (Å²) in [7, 11) is 0. The summed E-state index contributed by atoms with van der Waals surface area (Å²) in [4.78, 5) is 13.8. The third kappa shape index (κ3) is 9.35. The molecule has 2 aromatic rings. The molecule has 2 aromatic carbocycles. The lowest BCUT2D eigenvalue weighted by molar-refractivity contribution is -0.139. The second-order valence-corrected chi connectivity index (χ2v) is 18.9. The Morgan fingerprint density at radius 2 is 1.02 bits per heavy atom. The van der Waals surface area contributed by atoms with Gasteiger partial charge in [0.2, 0.25) is 0 Å². The van der Waals surface area contributed by atoms with Gasteiger partial charge in [0.05, 0.1) is 4.08 Å². The van der Waals surface area contributed by atoms with Crippen molar-refractivity contribution in [2.45, 2.75) is 145 Å². The Balaban J connectivity index is 2.72. The van der Waals surface area contributed by atoms with Crippen LogP contribution in [0.4, 0.5) is 0 Å². The molecule has 0 spiro atoms. The van der Waals surface area contributed by atoms with Gasteiger partial charge in [-0.3, -0.25) is 0 Å². The number of carboxylic acids is 1. The van der Waals surface area contributed by atoms with Crippen LogP contribution in [0.5, 0.6) is 11.5 Å². The molecule has 0 fully saturated rings. The fourth-order valence-corrected chi connectivity index (χ4v) is 8.01. The van der Waals surface area contributed by atoms with E-state index in [-0.39, 0.29) is 32.3 Å². The standard InChI is InChI=1S/C35H54O4S2/c1-15-16-35(14,40-22-17-24(31(2,3)4)29(38)25(18-22)32(5,6)7)41-23-19-26(33(8,9)10)30(39-21-28(36)37)27(20-23)34(11,12)13/h17-20,38H,15-16,21H2,1-14H3,(H,36,37). The van der Waals surface area contributed by atoms with Crippen molar-refractivity contribution >= 4 is 29.5 Å². The Bertz CT molecular complexity index is 1170. The van der Waals surface area contributed by atoms with Gasteiger partial charge in [-0.25, -0.2) is 4.79 Å². The minimum Gasteiger partial charge on any atom is -0.507 e. The summed E-state index contributed by atoms with van der Waals surface area (Å²) in [6.07, 6.45) is 2.02. The molecular formula is C35H54O4S2. The van der Waals surface area contributed by atoms with Crippen molar-refractivity contribution in [3.63, 3.8) is 0 Å². The SMILES string of the molecule is CCCC(C)(Sc1cc(C(C)(C)C)c(O)c(C(C)(C)C)c1)Sc1cc(C(C)(C)C)c(OCC(=O)O)c(C(C)(C)C)c1. The summed E-state index contributed by atoms with van der Waals surface area (Å²) in [5, 5.41) is 20.7. The van der Waals surface area contributed by atoms with Crippen LogP contribution in [-0.4, -0.2) is 26.9 Å². The van der Waals surface area contributed by atoms with Crippen LogP contribution in [0.2, 0.25) is 0 Å².